The van der Waals surface area contributed by atoms with Gasteiger partial charge in [-0.25, -0.2) is 4.98 Å². The summed E-state index contributed by atoms with van der Waals surface area (Å²) in [6.07, 6.45) is 2.61. The van der Waals surface area contributed by atoms with Crippen molar-refractivity contribution in [1.82, 2.24) is 20.1 Å². The summed E-state index contributed by atoms with van der Waals surface area (Å²) in [6, 6.07) is 11.4. The van der Waals surface area contributed by atoms with E-state index < -0.39 is 6.04 Å². The van der Waals surface area contributed by atoms with Gasteiger partial charge in [-0.1, -0.05) is 18.2 Å². The van der Waals surface area contributed by atoms with Crippen molar-refractivity contribution in [2.24, 2.45) is 0 Å². The van der Waals surface area contributed by atoms with Gasteiger partial charge in [0, 0.05) is 30.5 Å². The lowest BCUT2D eigenvalue weighted by atomic mass is 9.87. The third kappa shape index (κ3) is 4.96. The number of hydrogen-bond acceptors (Lipinski definition) is 8. The highest BCUT2D eigenvalue weighted by atomic mass is 32.1. The van der Waals surface area contributed by atoms with Gasteiger partial charge in [-0.2, -0.15) is 0 Å². The van der Waals surface area contributed by atoms with Crippen molar-refractivity contribution < 1.29 is 23.9 Å². The lowest BCUT2D eigenvalue weighted by molar-refractivity contribution is -0.136. The molecule has 216 valence electrons. The first-order valence-electron chi connectivity index (χ1n) is 14.4. The Morgan fingerprint density at radius 3 is 2.60 bits per heavy atom. The van der Waals surface area contributed by atoms with Crippen LogP contribution in [0, 0.1) is 0 Å². The van der Waals surface area contributed by atoms with Crippen LogP contribution in [0.2, 0.25) is 0 Å². The van der Waals surface area contributed by atoms with Gasteiger partial charge in [0.2, 0.25) is 11.8 Å². The molecule has 0 radical (unpaired) electrons. The fourth-order valence-corrected chi connectivity index (χ4v) is 7.09. The number of carbonyl (C=O) groups is 4. The summed E-state index contributed by atoms with van der Waals surface area (Å²) in [5.41, 5.74) is 6.21. The van der Waals surface area contributed by atoms with Gasteiger partial charge in [0.05, 0.1) is 17.6 Å². The number of thiazole rings is 1. The third-order valence-corrected chi connectivity index (χ3v) is 9.37. The zero-order chi connectivity index (χ0) is 28.8. The fraction of sp³-hybridized carbons (Fsp3) is 0.387. The molecule has 1 unspecified atom stereocenters. The van der Waals surface area contributed by atoms with Crippen LogP contribution in [-0.2, 0) is 22.7 Å². The second kappa shape index (κ2) is 11.0. The van der Waals surface area contributed by atoms with E-state index in [9.17, 15) is 19.2 Å². The smallest absolute Gasteiger partial charge is 0.263 e. The van der Waals surface area contributed by atoms with Gasteiger partial charge in [0.1, 0.15) is 24.2 Å². The molecule has 0 aliphatic carbocycles. The van der Waals surface area contributed by atoms with Gasteiger partial charge >= 0.3 is 0 Å². The van der Waals surface area contributed by atoms with Crippen molar-refractivity contribution in [3.05, 3.63) is 75.1 Å². The zero-order valence-corrected chi connectivity index (χ0v) is 23.9. The summed E-state index contributed by atoms with van der Waals surface area (Å²) >= 11 is 1.47. The molecule has 10 nitrogen and oxygen atoms in total. The SMILES string of the molecule is O=C1CCC(N2Cc3cc(C4CCN(Cc5ccc6c(c5)C(=O)N(c5cscn5)CCO6)CC4)ccc3C2=O)C(=O)N1. The molecule has 4 aliphatic heterocycles. The molecule has 7 rings (SSSR count). The number of nitrogens with zero attached hydrogens (tertiary/aromatic N) is 4. The van der Waals surface area contributed by atoms with E-state index in [-0.39, 0.29) is 30.0 Å². The number of likely N-dealkylation sites (tertiary alicyclic amines) is 1. The molecule has 0 bridgehead atoms. The van der Waals surface area contributed by atoms with Crippen LogP contribution in [0.25, 0.3) is 0 Å². The van der Waals surface area contributed by atoms with E-state index in [1.54, 1.807) is 15.3 Å². The Morgan fingerprint density at radius 2 is 1.81 bits per heavy atom. The monoisotopic (exact) mass is 585 g/mol. The highest BCUT2D eigenvalue weighted by molar-refractivity contribution is 7.07. The van der Waals surface area contributed by atoms with Crippen molar-refractivity contribution >= 4 is 40.8 Å². The maximum Gasteiger partial charge on any atom is 0.263 e. The number of imide groups is 1. The molecule has 2 saturated heterocycles. The Kier molecular flexibility index (Phi) is 6.99. The van der Waals surface area contributed by atoms with Crippen molar-refractivity contribution in [1.29, 1.82) is 0 Å². The predicted octanol–water partition coefficient (Wildman–Crippen LogP) is 3.32. The van der Waals surface area contributed by atoms with Gasteiger partial charge in [-0.15, -0.1) is 11.3 Å². The van der Waals surface area contributed by atoms with E-state index in [1.807, 2.05) is 29.6 Å². The number of aromatic nitrogens is 1. The Bertz CT molecular complexity index is 1570. The summed E-state index contributed by atoms with van der Waals surface area (Å²) in [6.45, 7) is 3.89. The third-order valence-electron chi connectivity index (χ3n) is 8.80. The number of ether oxygens (including phenoxy) is 1. The Hall–Kier alpha value is -4.09. The largest absolute Gasteiger partial charge is 0.491 e. The van der Waals surface area contributed by atoms with Crippen LogP contribution in [0.5, 0.6) is 5.75 Å². The highest BCUT2D eigenvalue weighted by Gasteiger charge is 2.39. The molecule has 0 saturated carbocycles. The Labute approximate surface area is 247 Å². The minimum atomic E-state index is -0.598. The van der Waals surface area contributed by atoms with Crippen LogP contribution in [0.15, 0.2) is 47.3 Å². The van der Waals surface area contributed by atoms with Crippen molar-refractivity contribution in [2.75, 3.05) is 31.1 Å². The number of piperidine rings is 2. The fourth-order valence-electron chi connectivity index (χ4n) is 6.55. The maximum atomic E-state index is 13.4. The van der Waals surface area contributed by atoms with E-state index in [2.05, 4.69) is 27.3 Å². The first kappa shape index (κ1) is 26.8. The molecule has 42 heavy (non-hydrogen) atoms. The standard InChI is InChI=1S/C31H31N5O5S/c37-28-6-4-25(29(38)33-28)36-16-22-14-21(2-3-23(22)30(36)39)20-7-9-34(10-8-20)15-19-1-5-26-24(13-19)31(40)35(11-12-41-26)27-17-42-18-32-27/h1-3,5,13-14,17-18,20,25H,4,6-12,15-16H2,(H,33,37,38). The number of benzene rings is 2. The van der Waals surface area contributed by atoms with Crippen LogP contribution in [-0.4, -0.2) is 70.7 Å². The predicted molar refractivity (Wildman–Crippen MR) is 155 cm³/mol. The van der Waals surface area contributed by atoms with Crippen LogP contribution in [0.4, 0.5) is 5.82 Å². The van der Waals surface area contributed by atoms with E-state index in [1.165, 1.54) is 16.9 Å². The minimum absolute atomic E-state index is 0.0831. The molecular weight excluding hydrogens is 554 g/mol. The second-order valence-corrected chi connectivity index (χ2v) is 12.1. The van der Waals surface area contributed by atoms with Gasteiger partial charge in [-0.05, 0) is 73.2 Å². The average molecular weight is 586 g/mol. The first-order chi connectivity index (χ1) is 20.4. The average Bonchev–Trinajstić information content (AvgIpc) is 3.60. The molecule has 4 aliphatic rings. The van der Waals surface area contributed by atoms with Gasteiger partial charge in [0.15, 0.2) is 0 Å². The van der Waals surface area contributed by atoms with E-state index in [4.69, 9.17) is 4.74 Å². The lowest BCUT2D eigenvalue weighted by Crippen LogP contribution is -2.52. The number of amides is 4. The minimum Gasteiger partial charge on any atom is -0.491 e. The normalized spacial score (nSPS) is 21.6. The number of fused-ring (bicyclic) bond motifs is 2. The second-order valence-electron chi connectivity index (χ2n) is 11.3. The summed E-state index contributed by atoms with van der Waals surface area (Å²) < 4.78 is 5.89. The summed E-state index contributed by atoms with van der Waals surface area (Å²) in [5, 5.41) is 4.24. The van der Waals surface area contributed by atoms with E-state index >= 15 is 0 Å². The molecule has 11 heteroatoms. The molecule has 1 atom stereocenters. The molecule has 1 N–H and O–H groups in total. The van der Waals surface area contributed by atoms with Crippen LogP contribution in [0.3, 0.4) is 0 Å². The molecule has 1 aromatic heterocycles. The number of nitrogens with one attached hydrogen (secondary N) is 1. The molecule has 4 amide bonds. The lowest BCUT2D eigenvalue weighted by Gasteiger charge is -2.32. The number of rotatable bonds is 5. The molecule has 2 fully saturated rings. The Balaban J connectivity index is 0.989. The van der Waals surface area contributed by atoms with Crippen molar-refractivity contribution in [2.45, 2.75) is 50.7 Å². The number of carbonyl (C=O) groups excluding carboxylic acids is 4. The molecule has 3 aromatic rings. The van der Waals surface area contributed by atoms with Crippen molar-refractivity contribution in [3.63, 3.8) is 0 Å². The van der Waals surface area contributed by atoms with E-state index in [0.29, 0.717) is 54.7 Å². The van der Waals surface area contributed by atoms with Crippen LogP contribution >= 0.6 is 11.3 Å². The molecule has 2 aromatic carbocycles. The number of anilines is 1. The topological polar surface area (TPSA) is 112 Å². The van der Waals surface area contributed by atoms with Gasteiger partial charge in [0.25, 0.3) is 11.8 Å². The van der Waals surface area contributed by atoms with Crippen LogP contribution in [0.1, 0.15) is 69.0 Å². The maximum absolute atomic E-state index is 13.4. The molecule has 5 heterocycles. The summed E-state index contributed by atoms with van der Waals surface area (Å²) in [4.78, 5) is 60.4. The highest BCUT2D eigenvalue weighted by Crippen LogP contribution is 2.34. The van der Waals surface area contributed by atoms with Crippen LogP contribution < -0.4 is 15.0 Å². The molecule has 0 spiro atoms. The number of hydrogen-bond donors (Lipinski definition) is 1. The first-order valence-corrected chi connectivity index (χ1v) is 15.3. The zero-order valence-electron chi connectivity index (χ0n) is 23.1. The van der Waals surface area contributed by atoms with Crippen molar-refractivity contribution in [3.8, 4) is 5.75 Å². The Morgan fingerprint density at radius 1 is 0.952 bits per heavy atom. The summed E-state index contributed by atoms with van der Waals surface area (Å²) in [7, 11) is 0. The van der Waals surface area contributed by atoms with Gasteiger partial charge < -0.3 is 9.64 Å². The quantitative estimate of drug-likeness (QED) is 0.457. The van der Waals surface area contributed by atoms with E-state index in [0.717, 1.165) is 43.6 Å². The molecular formula is C31H31N5O5S. The van der Waals surface area contributed by atoms with Gasteiger partial charge in [-0.3, -0.25) is 34.3 Å². The summed E-state index contributed by atoms with van der Waals surface area (Å²) in [5.74, 6) is 0.778.